The van der Waals surface area contributed by atoms with Crippen LogP contribution in [0.15, 0.2) is 23.0 Å². The summed E-state index contributed by atoms with van der Waals surface area (Å²) in [6.07, 6.45) is 13.8. The fourth-order valence-electron chi connectivity index (χ4n) is 8.22. The molecule has 4 bridgehead atoms. The van der Waals surface area contributed by atoms with Crippen LogP contribution in [-0.4, -0.2) is 40.0 Å². The molecule has 0 radical (unpaired) electrons. The van der Waals surface area contributed by atoms with Crippen LogP contribution >= 0.6 is 0 Å². The number of aryl methyl sites for hydroxylation is 1. The van der Waals surface area contributed by atoms with Crippen molar-refractivity contribution in [2.45, 2.75) is 95.6 Å². The van der Waals surface area contributed by atoms with Crippen LogP contribution in [-0.2, 0) is 9.59 Å². The minimum atomic E-state index is -0.710. The number of piperidine rings is 1. The van der Waals surface area contributed by atoms with E-state index in [2.05, 4.69) is 20.9 Å². The summed E-state index contributed by atoms with van der Waals surface area (Å²) < 4.78 is 1.45. The minimum Gasteiger partial charge on any atom is -0.384 e. The molecule has 2 amide bonds. The van der Waals surface area contributed by atoms with Crippen LogP contribution in [0.3, 0.4) is 0 Å². The molecule has 3 N–H and O–H groups in total. The summed E-state index contributed by atoms with van der Waals surface area (Å²) in [5, 5.41) is 10.3. The molecule has 2 aromatic rings. The normalized spacial score (nSPS) is 29.8. The predicted molar refractivity (Wildman–Crippen MR) is 148 cm³/mol. The Hall–Kier alpha value is -2.74. The molecule has 204 valence electrons. The van der Waals surface area contributed by atoms with Crippen molar-refractivity contribution in [3.05, 3.63) is 34.4 Å². The van der Waals surface area contributed by atoms with Crippen molar-refractivity contribution < 1.29 is 9.59 Å². The van der Waals surface area contributed by atoms with Crippen molar-refractivity contribution in [2.24, 2.45) is 17.8 Å². The lowest BCUT2D eigenvalue weighted by molar-refractivity contribution is -0.135. The minimum absolute atomic E-state index is 0.221. The second kappa shape index (κ2) is 10.4. The molecule has 5 aliphatic rings. The van der Waals surface area contributed by atoms with Gasteiger partial charge in [-0.2, -0.15) is 0 Å². The number of unbranched alkanes of at least 4 members (excludes halogenated alkanes) is 4. The van der Waals surface area contributed by atoms with Crippen LogP contribution in [0.1, 0.15) is 88.9 Å². The fourth-order valence-corrected chi connectivity index (χ4v) is 8.22. The summed E-state index contributed by atoms with van der Waals surface area (Å²) in [4.78, 5) is 42.2. The summed E-state index contributed by atoms with van der Waals surface area (Å²) in [5.74, 6) is 2.73. The van der Waals surface area contributed by atoms with Crippen LogP contribution < -0.4 is 21.5 Å². The van der Waals surface area contributed by atoms with Gasteiger partial charge in [-0.15, -0.1) is 0 Å². The monoisotopic (exact) mass is 519 g/mol. The number of rotatable bonds is 11. The number of nitrogens with one attached hydrogen (secondary N) is 3. The second-order valence-electron chi connectivity index (χ2n) is 12.3. The quantitative estimate of drug-likeness (QED) is 0.303. The van der Waals surface area contributed by atoms with E-state index < -0.39 is 11.9 Å². The molecule has 5 fully saturated rings. The van der Waals surface area contributed by atoms with E-state index in [9.17, 15) is 14.4 Å². The van der Waals surface area contributed by atoms with Gasteiger partial charge < -0.3 is 10.6 Å². The number of aromatic nitrogens is 2. The number of amides is 2. The number of benzene rings is 1. The first-order chi connectivity index (χ1) is 18.4. The highest BCUT2D eigenvalue weighted by atomic mass is 16.2. The standard InChI is InChI=1S/C30H41N5O3/c1-19-33-24-9-7-8-23(27(24)29(38)35(19)25-10-11-26(36)34-28(25)37)31-12-5-3-2-4-6-13-32-30-17-20-14-21(18-30)16-22(30)15-20/h7-9,20-22,25,31-32H,2-6,10-18H2,1H3,(H,34,36,37). The molecule has 4 aliphatic carbocycles. The molecule has 8 nitrogen and oxygen atoms in total. The Morgan fingerprint density at radius 1 is 1.00 bits per heavy atom. The molecular formula is C30H41N5O3. The van der Waals surface area contributed by atoms with Gasteiger partial charge in [0, 0.05) is 24.2 Å². The zero-order valence-electron chi connectivity index (χ0n) is 22.6. The van der Waals surface area contributed by atoms with E-state index in [-0.39, 0.29) is 17.9 Å². The van der Waals surface area contributed by atoms with Gasteiger partial charge in [0.1, 0.15) is 11.9 Å². The second-order valence-corrected chi connectivity index (χ2v) is 12.3. The van der Waals surface area contributed by atoms with Crippen LogP contribution in [0.25, 0.3) is 10.9 Å². The molecule has 1 aromatic carbocycles. The summed E-state index contributed by atoms with van der Waals surface area (Å²) in [7, 11) is 0. The van der Waals surface area contributed by atoms with E-state index in [0.717, 1.165) is 49.4 Å². The number of hydrogen-bond acceptors (Lipinski definition) is 6. The van der Waals surface area contributed by atoms with Gasteiger partial charge in [0.25, 0.3) is 5.56 Å². The molecular weight excluding hydrogens is 478 g/mol. The fraction of sp³-hybridized carbons (Fsp3) is 0.667. The topological polar surface area (TPSA) is 105 Å². The molecule has 1 aromatic heterocycles. The molecule has 3 unspecified atom stereocenters. The smallest absolute Gasteiger partial charge is 0.264 e. The highest BCUT2D eigenvalue weighted by Crippen LogP contribution is 2.60. The highest BCUT2D eigenvalue weighted by Gasteiger charge is 2.57. The third kappa shape index (κ3) is 4.76. The number of hydrogen-bond donors (Lipinski definition) is 3. The maximum Gasteiger partial charge on any atom is 0.264 e. The number of carbonyl (C=O) groups is 2. The molecule has 1 aliphatic heterocycles. The molecule has 0 spiro atoms. The first-order valence-corrected chi connectivity index (χ1v) is 14.8. The maximum atomic E-state index is 13.5. The van der Waals surface area contributed by atoms with E-state index in [4.69, 9.17) is 0 Å². The van der Waals surface area contributed by atoms with Crippen molar-refractivity contribution in [1.29, 1.82) is 0 Å². The summed E-state index contributed by atoms with van der Waals surface area (Å²) in [5.41, 5.74) is 1.64. The van der Waals surface area contributed by atoms with Gasteiger partial charge in [0.2, 0.25) is 11.8 Å². The van der Waals surface area contributed by atoms with E-state index in [1.54, 1.807) is 6.92 Å². The summed E-state index contributed by atoms with van der Waals surface area (Å²) in [6.45, 7) is 3.69. The first kappa shape index (κ1) is 25.5. The SMILES string of the molecule is Cc1nc2cccc(NCCCCCCCNC34CC5CC(CC3C5)C4)c2c(=O)n1C1CCC(=O)NC1=O. The molecule has 3 atom stereocenters. The maximum absolute atomic E-state index is 13.5. The van der Waals surface area contributed by atoms with E-state index >= 15 is 0 Å². The Morgan fingerprint density at radius 3 is 2.50 bits per heavy atom. The molecule has 7 rings (SSSR count). The van der Waals surface area contributed by atoms with Crippen LogP contribution in [0.5, 0.6) is 0 Å². The first-order valence-electron chi connectivity index (χ1n) is 14.8. The predicted octanol–water partition coefficient (Wildman–Crippen LogP) is 4.21. The molecule has 4 saturated carbocycles. The Morgan fingerprint density at radius 2 is 1.74 bits per heavy atom. The van der Waals surface area contributed by atoms with Crippen LogP contribution in [0, 0.1) is 24.7 Å². The zero-order chi connectivity index (χ0) is 26.3. The lowest BCUT2D eigenvalue weighted by atomic mass is 9.80. The molecule has 1 saturated heterocycles. The number of fused-ring (bicyclic) bond motifs is 1. The molecule has 2 heterocycles. The zero-order valence-corrected chi connectivity index (χ0v) is 22.6. The van der Waals surface area contributed by atoms with Gasteiger partial charge in [0.15, 0.2) is 0 Å². The van der Waals surface area contributed by atoms with Crippen molar-refractivity contribution >= 4 is 28.4 Å². The number of nitrogens with zero attached hydrogens (tertiary/aromatic N) is 2. The Labute approximate surface area is 224 Å². The van der Waals surface area contributed by atoms with Gasteiger partial charge in [-0.3, -0.25) is 24.3 Å². The Kier molecular flexibility index (Phi) is 7.01. The van der Waals surface area contributed by atoms with Crippen molar-refractivity contribution in [2.75, 3.05) is 18.4 Å². The van der Waals surface area contributed by atoms with Gasteiger partial charge in [0.05, 0.1) is 10.9 Å². The lowest BCUT2D eigenvalue weighted by Crippen LogP contribution is -2.46. The van der Waals surface area contributed by atoms with Crippen molar-refractivity contribution in [1.82, 2.24) is 20.2 Å². The molecule has 8 heteroatoms. The number of imide groups is 1. The van der Waals surface area contributed by atoms with Crippen molar-refractivity contribution in [3.8, 4) is 0 Å². The Balaban J connectivity index is 0.984. The highest BCUT2D eigenvalue weighted by molar-refractivity contribution is 5.99. The average molecular weight is 520 g/mol. The van der Waals surface area contributed by atoms with Gasteiger partial charge in [-0.1, -0.05) is 25.3 Å². The third-order valence-corrected chi connectivity index (χ3v) is 9.76. The van der Waals surface area contributed by atoms with Crippen LogP contribution in [0.4, 0.5) is 5.69 Å². The Bertz CT molecular complexity index is 1270. The van der Waals surface area contributed by atoms with Crippen LogP contribution in [0.2, 0.25) is 0 Å². The van der Waals surface area contributed by atoms with Gasteiger partial charge >= 0.3 is 0 Å². The average Bonchev–Trinajstić information content (AvgIpc) is 3.27. The lowest BCUT2D eigenvalue weighted by Gasteiger charge is -2.34. The van der Waals surface area contributed by atoms with Gasteiger partial charge in [-0.25, -0.2) is 4.98 Å². The van der Waals surface area contributed by atoms with E-state index in [0.29, 0.717) is 28.7 Å². The number of anilines is 1. The summed E-state index contributed by atoms with van der Waals surface area (Å²) in [6, 6.07) is 4.93. The third-order valence-electron chi connectivity index (χ3n) is 9.76. The van der Waals surface area contributed by atoms with Gasteiger partial charge in [-0.05, 0) is 94.7 Å². The summed E-state index contributed by atoms with van der Waals surface area (Å²) >= 11 is 0. The van der Waals surface area contributed by atoms with Crippen molar-refractivity contribution in [3.63, 3.8) is 0 Å². The largest absolute Gasteiger partial charge is 0.384 e. The van der Waals surface area contributed by atoms with E-state index in [1.807, 2.05) is 18.2 Å². The number of carbonyl (C=O) groups excluding carboxylic acids is 2. The molecule has 38 heavy (non-hydrogen) atoms. The van der Waals surface area contributed by atoms with E-state index in [1.165, 1.54) is 55.9 Å².